The fraction of sp³-hybridized carbons (Fsp3) is 0.800. The highest BCUT2D eigenvalue weighted by Crippen LogP contribution is 2.34. The van der Waals surface area contributed by atoms with Crippen LogP contribution >= 0.6 is 0 Å². The van der Waals surface area contributed by atoms with Crippen molar-refractivity contribution in [1.29, 1.82) is 0 Å². The molecule has 0 aliphatic carbocycles. The number of aryl methyl sites for hydroxylation is 2. The highest BCUT2D eigenvalue weighted by Gasteiger charge is 2.35. The number of nitrogens with zero attached hydrogens (tertiary/aromatic N) is 3. The fourth-order valence-electron chi connectivity index (χ4n) is 3.64. The molecule has 26 heavy (non-hydrogen) atoms. The van der Waals surface area contributed by atoms with E-state index >= 15 is 0 Å². The molecule has 0 radical (unpaired) electrons. The maximum atomic E-state index is 6.08. The molecule has 2 N–H and O–H groups in total. The molecule has 0 aromatic carbocycles. The number of aromatic nitrogens is 2. The van der Waals surface area contributed by atoms with Gasteiger partial charge in [0.25, 0.3) is 0 Å². The van der Waals surface area contributed by atoms with E-state index in [0.29, 0.717) is 5.92 Å². The van der Waals surface area contributed by atoms with Gasteiger partial charge in [0.2, 0.25) is 0 Å². The Bertz CT molecular complexity index is 561. The Hall–Kier alpha value is -1.56. The van der Waals surface area contributed by atoms with Crippen LogP contribution in [0.1, 0.15) is 52.5 Å². The lowest BCUT2D eigenvalue weighted by Gasteiger charge is -2.39. The maximum absolute atomic E-state index is 6.08. The molecular formula is C20H37N5O. The third-order valence-corrected chi connectivity index (χ3v) is 4.82. The zero-order chi connectivity index (χ0) is 19.0. The predicted octanol–water partition coefficient (Wildman–Crippen LogP) is 2.75. The van der Waals surface area contributed by atoms with E-state index in [4.69, 9.17) is 9.73 Å². The van der Waals surface area contributed by atoms with Crippen molar-refractivity contribution in [1.82, 2.24) is 20.4 Å². The van der Waals surface area contributed by atoms with Crippen molar-refractivity contribution in [2.45, 2.75) is 59.5 Å². The Morgan fingerprint density at radius 1 is 1.38 bits per heavy atom. The van der Waals surface area contributed by atoms with Gasteiger partial charge in [-0.3, -0.25) is 9.67 Å². The first-order valence-electron chi connectivity index (χ1n) is 10.0. The molecule has 6 heteroatoms. The molecule has 0 bridgehead atoms. The van der Waals surface area contributed by atoms with E-state index in [1.807, 2.05) is 17.9 Å². The molecule has 1 aliphatic rings. The van der Waals surface area contributed by atoms with Crippen LogP contribution in [0, 0.1) is 11.3 Å². The van der Waals surface area contributed by atoms with Crippen molar-refractivity contribution in [3.63, 3.8) is 0 Å². The fourth-order valence-corrected chi connectivity index (χ4v) is 3.64. The summed E-state index contributed by atoms with van der Waals surface area (Å²) in [5.41, 5.74) is 1.44. The number of aliphatic imine (C=N–C) groups is 1. The second-order valence-corrected chi connectivity index (χ2v) is 8.33. The van der Waals surface area contributed by atoms with Gasteiger partial charge in [-0.2, -0.15) is 5.10 Å². The second kappa shape index (κ2) is 9.95. The van der Waals surface area contributed by atoms with Gasteiger partial charge in [-0.1, -0.05) is 20.8 Å². The molecule has 0 amide bonds. The molecule has 148 valence electrons. The van der Waals surface area contributed by atoms with Crippen LogP contribution in [0.5, 0.6) is 0 Å². The van der Waals surface area contributed by atoms with Crippen LogP contribution in [-0.2, 0) is 18.2 Å². The van der Waals surface area contributed by atoms with Gasteiger partial charge in [0.1, 0.15) is 0 Å². The zero-order valence-corrected chi connectivity index (χ0v) is 17.2. The van der Waals surface area contributed by atoms with E-state index in [2.05, 4.69) is 49.6 Å². The van der Waals surface area contributed by atoms with E-state index in [1.165, 1.54) is 12.0 Å². The van der Waals surface area contributed by atoms with Gasteiger partial charge in [0.05, 0.1) is 12.3 Å². The smallest absolute Gasteiger partial charge is 0.191 e. The van der Waals surface area contributed by atoms with Crippen LogP contribution in [0.3, 0.4) is 0 Å². The SMILES string of the molecule is CCNC(=NCC1CCCOC1C(C)(C)C)NCCCc1cnn(C)c1. The topological polar surface area (TPSA) is 63.5 Å². The van der Waals surface area contributed by atoms with Crippen molar-refractivity contribution in [2.24, 2.45) is 23.4 Å². The van der Waals surface area contributed by atoms with Crippen molar-refractivity contribution in [2.75, 3.05) is 26.2 Å². The van der Waals surface area contributed by atoms with Crippen molar-refractivity contribution < 1.29 is 4.74 Å². The largest absolute Gasteiger partial charge is 0.377 e. The number of rotatable bonds is 7. The van der Waals surface area contributed by atoms with Crippen LogP contribution in [0.4, 0.5) is 0 Å². The summed E-state index contributed by atoms with van der Waals surface area (Å²) in [4.78, 5) is 4.85. The summed E-state index contributed by atoms with van der Waals surface area (Å²) < 4.78 is 7.93. The first-order chi connectivity index (χ1) is 12.4. The van der Waals surface area contributed by atoms with Crippen LogP contribution in [0.2, 0.25) is 0 Å². The minimum atomic E-state index is 0.163. The van der Waals surface area contributed by atoms with E-state index in [9.17, 15) is 0 Å². The van der Waals surface area contributed by atoms with Gasteiger partial charge in [0.15, 0.2) is 5.96 Å². The molecule has 0 saturated carbocycles. The highest BCUT2D eigenvalue weighted by atomic mass is 16.5. The molecular weight excluding hydrogens is 326 g/mol. The quantitative estimate of drug-likeness (QED) is 0.444. The van der Waals surface area contributed by atoms with Crippen molar-refractivity contribution >= 4 is 5.96 Å². The highest BCUT2D eigenvalue weighted by molar-refractivity contribution is 5.79. The van der Waals surface area contributed by atoms with Gasteiger partial charge >= 0.3 is 0 Å². The third-order valence-electron chi connectivity index (χ3n) is 4.82. The number of nitrogens with one attached hydrogen (secondary N) is 2. The van der Waals surface area contributed by atoms with E-state index in [0.717, 1.165) is 51.5 Å². The van der Waals surface area contributed by atoms with Crippen molar-refractivity contribution in [3.8, 4) is 0 Å². The average molecular weight is 364 g/mol. The van der Waals surface area contributed by atoms with Crippen LogP contribution < -0.4 is 10.6 Å². The Morgan fingerprint density at radius 3 is 2.85 bits per heavy atom. The summed E-state index contributed by atoms with van der Waals surface area (Å²) >= 11 is 0. The van der Waals surface area contributed by atoms with Gasteiger partial charge in [-0.15, -0.1) is 0 Å². The summed E-state index contributed by atoms with van der Waals surface area (Å²) in [7, 11) is 1.96. The van der Waals surface area contributed by atoms with Gasteiger partial charge in [0, 0.05) is 45.4 Å². The molecule has 0 spiro atoms. The monoisotopic (exact) mass is 363 g/mol. The Kier molecular flexibility index (Phi) is 7.94. The van der Waals surface area contributed by atoms with Crippen LogP contribution in [0.15, 0.2) is 17.4 Å². The summed E-state index contributed by atoms with van der Waals surface area (Å²) in [6, 6.07) is 0. The first-order valence-corrected chi connectivity index (χ1v) is 10.0. The van der Waals surface area contributed by atoms with E-state index < -0.39 is 0 Å². The molecule has 6 nitrogen and oxygen atoms in total. The lowest BCUT2D eigenvalue weighted by atomic mass is 9.78. The lowest BCUT2D eigenvalue weighted by Crippen LogP contribution is -2.43. The summed E-state index contributed by atoms with van der Waals surface area (Å²) in [5.74, 6) is 1.41. The molecule has 2 unspecified atom stereocenters. The molecule has 2 rings (SSSR count). The number of ether oxygens (including phenoxy) is 1. The molecule has 2 atom stereocenters. The molecule has 1 fully saturated rings. The summed E-state index contributed by atoms with van der Waals surface area (Å²) in [6.45, 7) is 12.4. The van der Waals surface area contributed by atoms with E-state index in [-0.39, 0.29) is 11.5 Å². The van der Waals surface area contributed by atoms with Gasteiger partial charge < -0.3 is 15.4 Å². The molecule has 1 aromatic heterocycles. The molecule has 1 aromatic rings. The third kappa shape index (κ3) is 6.63. The first kappa shape index (κ1) is 20.7. The Morgan fingerprint density at radius 2 is 2.19 bits per heavy atom. The minimum absolute atomic E-state index is 0.163. The molecule has 2 heterocycles. The lowest BCUT2D eigenvalue weighted by molar-refractivity contribution is -0.0823. The molecule has 1 saturated heterocycles. The zero-order valence-electron chi connectivity index (χ0n) is 17.2. The van der Waals surface area contributed by atoms with Crippen molar-refractivity contribution in [3.05, 3.63) is 18.0 Å². The average Bonchev–Trinajstić information content (AvgIpc) is 3.01. The predicted molar refractivity (Wildman–Crippen MR) is 107 cm³/mol. The molecule has 1 aliphatic heterocycles. The maximum Gasteiger partial charge on any atom is 0.191 e. The van der Waals surface area contributed by atoms with Crippen LogP contribution in [-0.4, -0.2) is 48.1 Å². The number of hydrogen-bond donors (Lipinski definition) is 2. The number of guanidine groups is 1. The standard InChI is InChI=1S/C20H37N5O/c1-6-21-19(22-11-7-9-16-13-24-25(5)15-16)23-14-17-10-8-12-26-18(17)20(2,3)4/h13,15,17-18H,6-12,14H2,1-5H3,(H2,21,22,23). The normalized spacial score (nSPS) is 21.7. The Balaban J connectivity index is 1.82. The minimum Gasteiger partial charge on any atom is -0.377 e. The number of hydrogen-bond acceptors (Lipinski definition) is 3. The van der Waals surface area contributed by atoms with Crippen LogP contribution in [0.25, 0.3) is 0 Å². The summed E-state index contributed by atoms with van der Waals surface area (Å²) in [5, 5.41) is 11.0. The second-order valence-electron chi connectivity index (χ2n) is 8.33. The van der Waals surface area contributed by atoms with Gasteiger partial charge in [-0.05, 0) is 43.6 Å². The van der Waals surface area contributed by atoms with Gasteiger partial charge in [-0.25, -0.2) is 0 Å². The van der Waals surface area contributed by atoms with E-state index in [1.54, 1.807) is 0 Å². The Labute approximate surface area is 158 Å². The summed E-state index contributed by atoms with van der Waals surface area (Å²) in [6.07, 6.45) is 8.74.